The van der Waals surface area contributed by atoms with Crippen LogP contribution >= 0.6 is 0 Å². The summed E-state index contributed by atoms with van der Waals surface area (Å²) in [6, 6.07) is 85.2. The Morgan fingerprint density at radius 1 is 0.467 bits per heavy atom. The number of aromatic amines is 1. The quantitative estimate of drug-likeness (QED) is 0.138. The van der Waals surface area contributed by atoms with Gasteiger partial charge < -0.3 is 4.98 Å². The van der Waals surface area contributed by atoms with E-state index in [-0.39, 0.29) is 5.92 Å². The number of allylic oxidation sites excluding steroid dienone is 1. The first-order valence-corrected chi connectivity index (χ1v) is 32.2. The molecule has 416 valence electrons. The molecule has 2 spiro atoms. The number of para-hydroxylation sites is 4. The number of aliphatic imine (C=N–C) groups is 1. The van der Waals surface area contributed by atoms with Crippen LogP contribution in [0.1, 0.15) is 45.3 Å². The highest BCUT2D eigenvalue weighted by Gasteiger charge is 2.80. The highest BCUT2D eigenvalue weighted by atomic mass is 15.6. The largest absolute Gasteiger partial charge is 0.667 e. The Hall–Kier alpha value is -12.2. The third-order valence-corrected chi connectivity index (χ3v) is 23.3. The standard InChI is InChI=1S/C81H41N11/c1-3-11-41(12-4-1)66-62-35-44-15-7-19-49-58-31-27-48-56-39-57(82-68(56)53-28-32-59-50-20-8-16-45-36-63(66)90(72(45)50)80(89(62)71(44)49)85(58)75(48)76(53)86(59)80)40-23-25-43(26-24-40)79-83-69-54-29-33-60-51-21-9-17-46-37-64-67(42-13-5-2-6-14-42)65-38-47-18-10-22-52-61-34-30-55(70(69)84-79)78-77(54)87(60)81(88(61)78,91(64)73(46)51)92(65)74(47)52/h1-38,67H,39H2/q+4/p+1. The highest BCUT2D eigenvalue weighted by Crippen LogP contribution is 2.57. The minimum Gasteiger partial charge on any atom is -0.337 e. The van der Waals surface area contributed by atoms with E-state index < -0.39 is 11.8 Å². The molecule has 1 N–H and O–H groups in total. The normalized spacial score (nSPS) is 17.7. The van der Waals surface area contributed by atoms with Crippen molar-refractivity contribution in [1.29, 1.82) is 0 Å². The Kier molecular flexibility index (Phi) is 6.64. The van der Waals surface area contributed by atoms with Crippen LogP contribution in [0.15, 0.2) is 235 Å². The van der Waals surface area contributed by atoms with Gasteiger partial charge in [0, 0.05) is 69.9 Å². The van der Waals surface area contributed by atoms with Gasteiger partial charge in [0.05, 0.1) is 94.1 Å². The zero-order valence-electron chi connectivity index (χ0n) is 48.7. The van der Waals surface area contributed by atoms with Gasteiger partial charge in [0.1, 0.15) is 16.9 Å². The summed E-state index contributed by atoms with van der Waals surface area (Å²) in [6.07, 6.45) is 3.17. The molecule has 0 bridgehead atoms. The van der Waals surface area contributed by atoms with E-state index in [0.29, 0.717) is 0 Å². The van der Waals surface area contributed by atoms with Crippen LogP contribution in [0.3, 0.4) is 0 Å². The molecule has 8 aromatic heterocycles. The Morgan fingerprint density at radius 3 is 1.75 bits per heavy atom. The summed E-state index contributed by atoms with van der Waals surface area (Å²) in [6.45, 7) is 0. The van der Waals surface area contributed by atoms with Crippen molar-refractivity contribution < 1.29 is 18.3 Å². The molecule has 27 rings (SSSR count). The molecular formula is C81H42N11+5. The molecule has 0 saturated heterocycles. The van der Waals surface area contributed by atoms with Crippen LogP contribution in [0.5, 0.6) is 0 Å². The lowest BCUT2D eigenvalue weighted by molar-refractivity contribution is -0.968. The van der Waals surface area contributed by atoms with Gasteiger partial charge in [-0.15, -0.1) is 0 Å². The molecule has 9 aromatic carbocycles. The molecule has 0 amide bonds. The Labute approximate surface area is 519 Å². The van der Waals surface area contributed by atoms with Crippen LogP contribution < -0.4 is 33.4 Å². The first kappa shape index (κ1) is 44.3. The van der Waals surface area contributed by atoms with Crippen LogP contribution in [-0.4, -0.2) is 29.4 Å². The predicted octanol–water partition coefficient (Wildman–Crippen LogP) is 12.2. The van der Waals surface area contributed by atoms with Crippen molar-refractivity contribution in [1.82, 2.24) is 28.2 Å². The fraction of sp³-hybridized carbons (Fsp3) is 0.0494. The number of aromatic nitrogens is 9. The molecule has 0 aliphatic carbocycles. The predicted molar refractivity (Wildman–Crippen MR) is 355 cm³/mol. The minimum absolute atomic E-state index is 0.0249. The average Bonchev–Trinajstić information content (AvgIpc) is 1.45. The molecule has 18 heterocycles. The smallest absolute Gasteiger partial charge is 0.337 e. The van der Waals surface area contributed by atoms with Crippen molar-refractivity contribution in [3.05, 3.63) is 280 Å². The monoisotopic (exact) mass is 1170 g/mol. The molecule has 92 heavy (non-hydrogen) atoms. The summed E-state index contributed by atoms with van der Waals surface area (Å²) in [7, 11) is 0. The van der Waals surface area contributed by atoms with Crippen LogP contribution in [0, 0.1) is 0 Å². The van der Waals surface area contributed by atoms with Crippen LogP contribution in [-0.2, 0) is 18.2 Å². The van der Waals surface area contributed by atoms with Crippen molar-refractivity contribution >= 4 is 110 Å². The number of rotatable bonds is 4. The maximum absolute atomic E-state index is 5.76. The number of nitrogens with zero attached hydrogens (tertiary/aromatic N) is 10. The molecule has 0 radical (unpaired) electrons. The molecule has 0 fully saturated rings. The first-order chi connectivity index (χ1) is 45.6. The number of hydrogen-bond donors (Lipinski definition) is 1. The molecule has 11 heteroatoms. The second kappa shape index (κ2) is 13.8. The van der Waals surface area contributed by atoms with Crippen molar-refractivity contribution in [2.75, 3.05) is 0 Å². The maximum atomic E-state index is 5.76. The van der Waals surface area contributed by atoms with Crippen molar-refractivity contribution in [3.63, 3.8) is 0 Å². The summed E-state index contributed by atoms with van der Waals surface area (Å²) in [5.74, 6) is -0.703. The second-order valence-corrected chi connectivity index (χ2v) is 27.0. The number of nitrogens with one attached hydrogen (secondary N) is 1. The van der Waals surface area contributed by atoms with E-state index in [4.69, 9.17) is 9.98 Å². The zero-order valence-corrected chi connectivity index (χ0v) is 48.7. The van der Waals surface area contributed by atoms with Gasteiger partial charge in [-0.2, -0.15) is 4.57 Å². The van der Waals surface area contributed by atoms with Crippen molar-refractivity contribution in [3.8, 4) is 56.4 Å². The molecule has 11 nitrogen and oxygen atoms in total. The number of benzene rings is 9. The molecule has 10 aliphatic heterocycles. The van der Waals surface area contributed by atoms with Gasteiger partial charge in [0.25, 0.3) is 11.0 Å². The molecule has 3 unspecified atom stereocenters. The molecular weight excluding hydrogens is 1130 g/mol. The van der Waals surface area contributed by atoms with Gasteiger partial charge in [0.2, 0.25) is 33.8 Å². The summed E-state index contributed by atoms with van der Waals surface area (Å²) in [5.41, 5.74) is 35.0. The molecule has 17 aromatic rings. The number of fused-ring (bicyclic) bond motifs is 10. The SMILES string of the molecule is C1=c2cccc3c2=[N+]2C1=C(c1ccccc1)c1cc4cccc5c4n1C21[n+]2c-5ccc4c5c(c6ccc-3[n+]1c6c42)N=C(c1ccc(-c2nc3c4ccc6[n+]7c4c4c(ccc8[n+]4C74n7c(cc9cccc-6c97)C(c6ccccc6)c6cc7cccc-8c7n64)c3[nH]2)cc1)C5. The minimum atomic E-state index is -0.790. The van der Waals surface area contributed by atoms with E-state index in [1.165, 1.54) is 166 Å². The van der Waals surface area contributed by atoms with E-state index in [1.807, 2.05) is 0 Å². The van der Waals surface area contributed by atoms with Crippen LogP contribution in [0.25, 0.3) is 155 Å². The van der Waals surface area contributed by atoms with Gasteiger partial charge in [-0.1, -0.05) is 137 Å². The van der Waals surface area contributed by atoms with Gasteiger partial charge in [-0.05, 0) is 109 Å². The summed E-state index contributed by atoms with van der Waals surface area (Å²) >= 11 is 0. The van der Waals surface area contributed by atoms with Crippen molar-refractivity contribution in [2.24, 2.45) is 4.99 Å². The fourth-order valence-electron chi connectivity index (χ4n) is 20.2. The van der Waals surface area contributed by atoms with E-state index in [1.54, 1.807) is 0 Å². The second-order valence-electron chi connectivity index (χ2n) is 27.0. The summed E-state index contributed by atoms with van der Waals surface area (Å²) in [5, 5.41) is 11.0. The number of pyridine rings is 4. The topological polar surface area (TPSA) is 74.4 Å². The fourth-order valence-corrected chi connectivity index (χ4v) is 20.2. The van der Waals surface area contributed by atoms with Gasteiger partial charge in [-0.3, -0.25) is 4.99 Å². The first-order valence-electron chi connectivity index (χ1n) is 32.2. The number of H-pyrrole nitrogens is 1. The van der Waals surface area contributed by atoms with E-state index in [9.17, 15) is 0 Å². The van der Waals surface area contributed by atoms with Crippen LogP contribution in [0.4, 0.5) is 5.69 Å². The van der Waals surface area contributed by atoms with E-state index in [2.05, 4.69) is 272 Å². The zero-order chi connectivity index (χ0) is 58.4. The summed E-state index contributed by atoms with van der Waals surface area (Å²) in [4.78, 5) is 15.4. The van der Waals surface area contributed by atoms with Gasteiger partial charge >= 0.3 is 22.9 Å². The van der Waals surface area contributed by atoms with Crippen molar-refractivity contribution in [2.45, 2.75) is 24.2 Å². The highest BCUT2D eigenvalue weighted by molar-refractivity contribution is 6.21. The average molecular weight is 1170 g/mol. The number of hydrogen-bond acceptors (Lipinski definition) is 2. The third kappa shape index (κ3) is 4.22. The van der Waals surface area contributed by atoms with Crippen LogP contribution in [0.2, 0.25) is 0 Å². The van der Waals surface area contributed by atoms with Gasteiger partial charge in [0.15, 0.2) is 0 Å². The lowest BCUT2D eigenvalue weighted by Gasteiger charge is -2.39. The van der Waals surface area contributed by atoms with Gasteiger partial charge in [-0.25, -0.2) is 14.1 Å². The molecule has 10 aliphatic rings. The number of imidazole rings is 1. The Balaban J connectivity index is 0.643. The van der Waals surface area contributed by atoms with E-state index >= 15 is 0 Å². The molecule has 0 saturated carbocycles. The molecule has 3 atom stereocenters. The third-order valence-electron chi connectivity index (χ3n) is 23.3. The summed E-state index contributed by atoms with van der Waals surface area (Å²) < 4.78 is 21.6. The maximum Gasteiger partial charge on any atom is 0.667 e. The Bertz CT molecular complexity index is 6830. The lowest BCUT2D eigenvalue weighted by Crippen LogP contribution is -2.85. The van der Waals surface area contributed by atoms with E-state index in [0.717, 1.165) is 56.6 Å². The Morgan fingerprint density at radius 2 is 1.03 bits per heavy atom. The lowest BCUT2D eigenvalue weighted by atomic mass is 9.90.